The van der Waals surface area contributed by atoms with Crippen LogP contribution in [-0.4, -0.2) is 28.8 Å². The molecule has 4 rings (SSSR count). The van der Waals surface area contributed by atoms with Crippen LogP contribution in [-0.2, 0) is 16.1 Å². The normalized spacial score (nSPS) is 16.1. The van der Waals surface area contributed by atoms with E-state index in [0.29, 0.717) is 16.4 Å². The van der Waals surface area contributed by atoms with Crippen molar-refractivity contribution in [1.82, 2.24) is 4.90 Å². The number of urea groups is 1. The lowest BCUT2D eigenvalue weighted by atomic mass is 10.1. The molecule has 0 radical (unpaired) electrons. The molecule has 1 aliphatic rings. The lowest BCUT2D eigenvalue weighted by molar-refractivity contribution is -0.124. The predicted octanol–water partition coefficient (Wildman–Crippen LogP) is 5.08. The van der Waals surface area contributed by atoms with Gasteiger partial charge in [-0.05, 0) is 60.3 Å². The standard InChI is InChI=1S/C23H20ClN3O3S/c1-15-4-2-5-18(12-15)27-22(29)20(26(23(27)30)14-19-6-3-11-31-19)13-21(28)25-17-9-7-16(24)8-10-17/h2-12,20H,13-14H2,1H3,(H,25,28)/t20-/m1/s1. The van der Waals surface area contributed by atoms with E-state index in [9.17, 15) is 14.4 Å². The highest BCUT2D eigenvalue weighted by atomic mass is 35.5. The highest BCUT2D eigenvalue weighted by molar-refractivity contribution is 7.09. The minimum Gasteiger partial charge on any atom is -0.326 e. The largest absolute Gasteiger partial charge is 0.332 e. The topological polar surface area (TPSA) is 69.7 Å². The highest BCUT2D eigenvalue weighted by Crippen LogP contribution is 2.30. The third-order valence-corrected chi connectivity index (χ3v) is 6.10. The van der Waals surface area contributed by atoms with E-state index < -0.39 is 18.0 Å². The Bertz CT molecular complexity index is 1120. The maximum absolute atomic E-state index is 13.3. The zero-order chi connectivity index (χ0) is 22.0. The molecule has 4 amide bonds. The molecule has 2 heterocycles. The number of imide groups is 1. The molecule has 31 heavy (non-hydrogen) atoms. The van der Waals surface area contributed by atoms with Gasteiger partial charge in [-0.1, -0.05) is 29.8 Å². The van der Waals surface area contributed by atoms with Crippen LogP contribution in [0.4, 0.5) is 16.2 Å². The summed E-state index contributed by atoms with van der Waals surface area (Å²) in [5.74, 6) is -0.755. The number of carbonyl (C=O) groups excluding carboxylic acids is 3. The van der Waals surface area contributed by atoms with Crippen molar-refractivity contribution in [3.8, 4) is 0 Å². The molecule has 1 saturated heterocycles. The molecule has 0 unspecified atom stereocenters. The number of anilines is 2. The Labute approximate surface area is 189 Å². The van der Waals surface area contributed by atoms with E-state index in [2.05, 4.69) is 5.32 Å². The van der Waals surface area contributed by atoms with Crippen molar-refractivity contribution in [3.05, 3.63) is 81.5 Å². The maximum Gasteiger partial charge on any atom is 0.332 e. The molecule has 1 atom stereocenters. The zero-order valence-electron chi connectivity index (χ0n) is 16.7. The number of thiophene rings is 1. The maximum atomic E-state index is 13.3. The molecule has 158 valence electrons. The first-order chi connectivity index (χ1) is 14.9. The molecule has 0 saturated carbocycles. The number of nitrogens with zero attached hydrogens (tertiary/aromatic N) is 2. The average Bonchev–Trinajstić information content (AvgIpc) is 3.32. The first kappa shape index (κ1) is 21.1. The molecule has 1 N–H and O–H groups in total. The van der Waals surface area contributed by atoms with Crippen LogP contribution in [0.1, 0.15) is 16.9 Å². The fraction of sp³-hybridized carbons (Fsp3) is 0.174. The van der Waals surface area contributed by atoms with Crippen LogP contribution in [0.15, 0.2) is 66.0 Å². The monoisotopic (exact) mass is 453 g/mol. The van der Waals surface area contributed by atoms with Gasteiger partial charge in [0, 0.05) is 15.6 Å². The summed E-state index contributed by atoms with van der Waals surface area (Å²) < 4.78 is 0. The molecule has 2 aromatic carbocycles. The number of rotatable bonds is 6. The van der Waals surface area contributed by atoms with Gasteiger partial charge in [-0.3, -0.25) is 9.59 Å². The predicted molar refractivity (Wildman–Crippen MR) is 122 cm³/mol. The Morgan fingerprint density at radius 3 is 2.55 bits per heavy atom. The molecular weight excluding hydrogens is 434 g/mol. The van der Waals surface area contributed by atoms with Crippen LogP contribution < -0.4 is 10.2 Å². The summed E-state index contributed by atoms with van der Waals surface area (Å²) in [4.78, 5) is 42.8. The molecule has 6 nitrogen and oxygen atoms in total. The first-order valence-electron chi connectivity index (χ1n) is 9.71. The Balaban J connectivity index is 1.59. The van der Waals surface area contributed by atoms with Gasteiger partial charge in [0.2, 0.25) is 5.91 Å². The summed E-state index contributed by atoms with van der Waals surface area (Å²) in [5.41, 5.74) is 2.02. The number of benzene rings is 2. The lowest BCUT2D eigenvalue weighted by Crippen LogP contribution is -2.37. The lowest BCUT2D eigenvalue weighted by Gasteiger charge is -2.21. The quantitative estimate of drug-likeness (QED) is 0.529. The molecule has 1 fully saturated rings. The van der Waals surface area contributed by atoms with Crippen molar-refractivity contribution in [1.29, 1.82) is 0 Å². The number of aryl methyl sites for hydroxylation is 1. The molecule has 0 aliphatic carbocycles. The van der Waals surface area contributed by atoms with E-state index in [-0.39, 0.29) is 18.9 Å². The Hall–Kier alpha value is -3.16. The Kier molecular flexibility index (Phi) is 6.06. The van der Waals surface area contributed by atoms with E-state index in [1.54, 1.807) is 42.5 Å². The minimum absolute atomic E-state index is 0.138. The summed E-state index contributed by atoms with van der Waals surface area (Å²) in [6, 6.07) is 16.4. The van der Waals surface area contributed by atoms with E-state index >= 15 is 0 Å². The van der Waals surface area contributed by atoms with Crippen molar-refractivity contribution in [2.24, 2.45) is 0 Å². The van der Waals surface area contributed by atoms with Crippen molar-refractivity contribution in [2.75, 3.05) is 10.2 Å². The molecular formula is C23H20ClN3O3S. The van der Waals surface area contributed by atoms with Gasteiger partial charge in [0.05, 0.1) is 18.7 Å². The van der Waals surface area contributed by atoms with Gasteiger partial charge in [0.1, 0.15) is 6.04 Å². The van der Waals surface area contributed by atoms with Gasteiger partial charge < -0.3 is 10.2 Å². The molecule has 3 aromatic rings. The number of halogens is 1. The van der Waals surface area contributed by atoms with Crippen LogP contribution in [0.25, 0.3) is 0 Å². The number of hydrogen-bond acceptors (Lipinski definition) is 4. The number of hydrogen-bond donors (Lipinski definition) is 1. The Morgan fingerprint density at radius 2 is 1.87 bits per heavy atom. The van der Waals surface area contributed by atoms with Crippen molar-refractivity contribution in [3.63, 3.8) is 0 Å². The van der Waals surface area contributed by atoms with E-state index in [1.165, 1.54) is 21.1 Å². The second kappa shape index (κ2) is 8.91. The third-order valence-electron chi connectivity index (χ3n) is 4.99. The zero-order valence-corrected chi connectivity index (χ0v) is 18.3. The van der Waals surface area contributed by atoms with Crippen LogP contribution in [0.3, 0.4) is 0 Å². The molecule has 8 heteroatoms. The van der Waals surface area contributed by atoms with Crippen molar-refractivity contribution < 1.29 is 14.4 Å². The number of amides is 4. The molecule has 1 aliphatic heterocycles. The second-order valence-electron chi connectivity index (χ2n) is 7.28. The van der Waals surface area contributed by atoms with Gasteiger partial charge in [-0.2, -0.15) is 0 Å². The van der Waals surface area contributed by atoms with Gasteiger partial charge >= 0.3 is 6.03 Å². The van der Waals surface area contributed by atoms with Gasteiger partial charge in [0.15, 0.2) is 0 Å². The summed E-state index contributed by atoms with van der Waals surface area (Å²) in [7, 11) is 0. The van der Waals surface area contributed by atoms with E-state index in [4.69, 9.17) is 11.6 Å². The van der Waals surface area contributed by atoms with Crippen LogP contribution in [0.5, 0.6) is 0 Å². The fourth-order valence-corrected chi connectivity index (χ4v) is 4.34. The molecule has 1 aromatic heterocycles. The summed E-state index contributed by atoms with van der Waals surface area (Å²) in [6.45, 7) is 2.17. The van der Waals surface area contributed by atoms with Crippen LogP contribution in [0.2, 0.25) is 5.02 Å². The average molecular weight is 454 g/mol. The van der Waals surface area contributed by atoms with Crippen molar-refractivity contribution >= 4 is 52.2 Å². The highest BCUT2D eigenvalue weighted by Gasteiger charge is 2.46. The van der Waals surface area contributed by atoms with Crippen molar-refractivity contribution in [2.45, 2.75) is 25.9 Å². The van der Waals surface area contributed by atoms with Gasteiger partial charge in [0.25, 0.3) is 5.91 Å². The summed E-state index contributed by atoms with van der Waals surface area (Å²) in [6.07, 6.45) is -0.138. The molecule has 0 spiro atoms. The Morgan fingerprint density at radius 1 is 1.10 bits per heavy atom. The van der Waals surface area contributed by atoms with Crippen LogP contribution >= 0.6 is 22.9 Å². The third kappa shape index (κ3) is 4.62. The van der Waals surface area contributed by atoms with Gasteiger partial charge in [-0.15, -0.1) is 11.3 Å². The van der Waals surface area contributed by atoms with Crippen LogP contribution in [0, 0.1) is 6.92 Å². The second-order valence-corrected chi connectivity index (χ2v) is 8.75. The number of nitrogens with one attached hydrogen (secondary N) is 1. The molecule has 0 bridgehead atoms. The van der Waals surface area contributed by atoms with E-state index in [0.717, 1.165) is 10.4 Å². The SMILES string of the molecule is Cc1cccc(N2C(=O)[C@@H](CC(=O)Nc3ccc(Cl)cc3)N(Cc3cccs3)C2=O)c1. The van der Waals surface area contributed by atoms with Gasteiger partial charge in [-0.25, -0.2) is 9.69 Å². The smallest absolute Gasteiger partial charge is 0.326 e. The first-order valence-corrected chi connectivity index (χ1v) is 11.0. The summed E-state index contributed by atoms with van der Waals surface area (Å²) >= 11 is 7.39. The minimum atomic E-state index is -0.887. The summed E-state index contributed by atoms with van der Waals surface area (Å²) in [5, 5.41) is 5.25. The van der Waals surface area contributed by atoms with E-state index in [1.807, 2.05) is 30.5 Å². The number of carbonyl (C=O) groups is 3. The fourth-order valence-electron chi connectivity index (χ4n) is 3.51.